The zero-order valence-corrected chi connectivity index (χ0v) is 13.0. The first kappa shape index (κ1) is 17.2. The number of rotatable bonds is 6. The molecule has 20 heavy (non-hydrogen) atoms. The van der Waals surface area contributed by atoms with Gasteiger partial charge >= 0.3 is 0 Å². The molecule has 1 aliphatic rings. The van der Waals surface area contributed by atoms with Crippen LogP contribution in [0.25, 0.3) is 0 Å². The topological polar surface area (TPSA) is 117 Å². The van der Waals surface area contributed by atoms with Crippen LogP contribution in [-0.2, 0) is 10.2 Å². The van der Waals surface area contributed by atoms with E-state index < -0.39 is 15.7 Å². The van der Waals surface area contributed by atoms with Crippen LogP contribution < -0.4 is 15.2 Å². The zero-order valence-electron chi connectivity index (χ0n) is 12.2. The summed E-state index contributed by atoms with van der Waals surface area (Å²) < 4.78 is 29.4. The van der Waals surface area contributed by atoms with E-state index >= 15 is 0 Å². The Labute approximate surface area is 121 Å². The molecule has 0 aromatic carbocycles. The minimum absolute atomic E-state index is 0.0608. The lowest BCUT2D eigenvalue weighted by atomic mass is 9.90. The monoisotopic (exact) mass is 306 g/mol. The number of nitrogens with two attached hydrogens (primary N) is 1. The van der Waals surface area contributed by atoms with E-state index in [4.69, 9.17) is 10.9 Å². The fraction of sp³-hybridized carbons (Fsp3) is 0.917. The Kier molecular flexibility index (Phi) is 6.22. The van der Waals surface area contributed by atoms with Crippen molar-refractivity contribution < 1.29 is 13.6 Å². The van der Waals surface area contributed by atoms with Crippen LogP contribution in [-0.4, -0.2) is 31.5 Å². The van der Waals surface area contributed by atoms with Crippen LogP contribution in [0.3, 0.4) is 0 Å². The van der Waals surface area contributed by atoms with E-state index in [2.05, 4.69) is 14.6 Å². The van der Waals surface area contributed by atoms with Crippen molar-refractivity contribution in [3.8, 4) is 0 Å². The average Bonchev–Trinajstić information content (AvgIpc) is 2.61. The molecule has 8 heteroatoms. The van der Waals surface area contributed by atoms with Crippen molar-refractivity contribution in [3.63, 3.8) is 0 Å². The molecule has 0 spiro atoms. The Morgan fingerprint density at radius 3 is 2.30 bits per heavy atom. The van der Waals surface area contributed by atoms with Gasteiger partial charge in [-0.3, -0.25) is 0 Å². The van der Waals surface area contributed by atoms with Gasteiger partial charge in [-0.15, -0.1) is 0 Å². The Bertz CT molecular complexity index is 426. The van der Waals surface area contributed by atoms with E-state index in [9.17, 15) is 8.42 Å². The van der Waals surface area contributed by atoms with Gasteiger partial charge in [0.1, 0.15) is 0 Å². The fourth-order valence-electron chi connectivity index (χ4n) is 2.41. The summed E-state index contributed by atoms with van der Waals surface area (Å²) in [6, 6.07) is 0. The van der Waals surface area contributed by atoms with Crippen LogP contribution in [0, 0.1) is 5.92 Å². The van der Waals surface area contributed by atoms with Crippen LogP contribution in [0.15, 0.2) is 5.16 Å². The third-order valence-electron chi connectivity index (χ3n) is 3.57. The minimum atomic E-state index is -3.68. The molecule has 118 valence electrons. The van der Waals surface area contributed by atoms with E-state index in [-0.39, 0.29) is 11.8 Å². The van der Waals surface area contributed by atoms with Gasteiger partial charge in [0.15, 0.2) is 5.84 Å². The molecule has 1 rings (SSSR count). The zero-order chi connectivity index (χ0) is 15.2. The van der Waals surface area contributed by atoms with Crippen molar-refractivity contribution in [1.82, 2.24) is 9.44 Å². The first-order chi connectivity index (χ1) is 9.31. The molecule has 0 atom stereocenters. The molecular formula is C12H26N4O3S. The first-order valence-corrected chi connectivity index (χ1v) is 8.56. The molecule has 0 radical (unpaired) electrons. The predicted molar refractivity (Wildman–Crippen MR) is 78.7 cm³/mol. The smallest absolute Gasteiger partial charge is 0.277 e. The molecule has 0 unspecified atom stereocenters. The Morgan fingerprint density at radius 2 is 1.85 bits per heavy atom. The fourth-order valence-corrected chi connectivity index (χ4v) is 3.86. The van der Waals surface area contributed by atoms with Gasteiger partial charge < -0.3 is 10.9 Å². The van der Waals surface area contributed by atoms with Gasteiger partial charge in [-0.25, -0.2) is 4.72 Å². The highest BCUT2D eigenvalue weighted by atomic mass is 32.2. The second-order valence-electron chi connectivity index (χ2n) is 5.83. The highest BCUT2D eigenvalue weighted by molar-refractivity contribution is 7.87. The highest BCUT2D eigenvalue weighted by Gasteiger charge is 2.39. The van der Waals surface area contributed by atoms with E-state index in [1.165, 1.54) is 0 Å². The summed E-state index contributed by atoms with van der Waals surface area (Å²) in [7, 11) is -3.68. The molecule has 1 fully saturated rings. The average molecular weight is 306 g/mol. The van der Waals surface area contributed by atoms with Gasteiger partial charge in [0.05, 0.1) is 5.54 Å². The number of nitrogens with zero attached hydrogens (tertiary/aromatic N) is 1. The van der Waals surface area contributed by atoms with Gasteiger partial charge in [0.2, 0.25) is 0 Å². The molecule has 1 saturated carbocycles. The van der Waals surface area contributed by atoms with Crippen molar-refractivity contribution in [3.05, 3.63) is 0 Å². The van der Waals surface area contributed by atoms with Gasteiger partial charge in [0.25, 0.3) is 10.2 Å². The second-order valence-corrected chi connectivity index (χ2v) is 7.33. The summed E-state index contributed by atoms with van der Waals surface area (Å²) in [6.45, 7) is 4.20. The molecular weight excluding hydrogens is 280 g/mol. The molecule has 1 aliphatic carbocycles. The molecule has 0 bridgehead atoms. The van der Waals surface area contributed by atoms with Crippen molar-refractivity contribution in [2.75, 3.05) is 6.54 Å². The number of oxime groups is 1. The maximum atomic E-state index is 12.1. The number of amidine groups is 1. The molecule has 0 aliphatic heterocycles. The maximum Gasteiger partial charge on any atom is 0.277 e. The SMILES string of the molecule is CC(C)CNS(=O)(=O)NC1(C(N)=NO)CCCCCC1. The van der Waals surface area contributed by atoms with E-state index in [1.54, 1.807) is 0 Å². The van der Waals surface area contributed by atoms with Crippen molar-refractivity contribution in [2.24, 2.45) is 16.8 Å². The predicted octanol–water partition coefficient (Wildman–Crippen LogP) is 0.906. The molecule has 0 aromatic heterocycles. The summed E-state index contributed by atoms with van der Waals surface area (Å²) in [4.78, 5) is 0. The molecule has 5 N–H and O–H groups in total. The Hall–Kier alpha value is -0.860. The summed E-state index contributed by atoms with van der Waals surface area (Å²) in [5.41, 5.74) is 4.78. The normalized spacial score (nSPS) is 20.9. The van der Waals surface area contributed by atoms with Crippen LogP contribution in [0.1, 0.15) is 52.4 Å². The quantitative estimate of drug-likeness (QED) is 0.192. The maximum absolute atomic E-state index is 12.1. The minimum Gasteiger partial charge on any atom is -0.409 e. The molecule has 0 saturated heterocycles. The molecule has 0 heterocycles. The number of hydrogen-bond donors (Lipinski definition) is 4. The summed E-state index contributed by atoms with van der Waals surface area (Å²) >= 11 is 0. The van der Waals surface area contributed by atoms with Gasteiger partial charge in [-0.05, 0) is 18.8 Å². The lowest BCUT2D eigenvalue weighted by molar-refractivity contribution is 0.305. The number of nitrogens with one attached hydrogen (secondary N) is 2. The van der Waals surface area contributed by atoms with E-state index in [1.807, 2.05) is 13.8 Å². The van der Waals surface area contributed by atoms with Gasteiger partial charge in [0, 0.05) is 6.54 Å². The van der Waals surface area contributed by atoms with Crippen LogP contribution in [0.5, 0.6) is 0 Å². The number of hydrogen-bond acceptors (Lipinski definition) is 4. The lowest BCUT2D eigenvalue weighted by Crippen LogP contribution is -2.59. The van der Waals surface area contributed by atoms with Crippen LogP contribution in [0.4, 0.5) is 0 Å². The van der Waals surface area contributed by atoms with Crippen LogP contribution >= 0.6 is 0 Å². The first-order valence-electron chi connectivity index (χ1n) is 7.08. The lowest BCUT2D eigenvalue weighted by Gasteiger charge is -2.32. The van der Waals surface area contributed by atoms with Crippen molar-refractivity contribution >= 4 is 16.0 Å². The van der Waals surface area contributed by atoms with E-state index in [0.717, 1.165) is 25.7 Å². The van der Waals surface area contributed by atoms with Gasteiger partial charge in [-0.1, -0.05) is 44.7 Å². The van der Waals surface area contributed by atoms with Crippen LogP contribution in [0.2, 0.25) is 0 Å². The third-order valence-corrected chi connectivity index (χ3v) is 4.77. The third kappa shape index (κ3) is 4.92. The molecule has 0 amide bonds. The molecule has 0 aromatic rings. The second kappa shape index (κ2) is 7.24. The summed E-state index contributed by atoms with van der Waals surface area (Å²) in [6.07, 6.45) is 4.85. The Morgan fingerprint density at radius 1 is 1.30 bits per heavy atom. The van der Waals surface area contributed by atoms with Gasteiger partial charge in [-0.2, -0.15) is 13.1 Å². The van der Waals surface area contributed by atoms with Crippen molar-refractivity contribution in [1.29, 1.82) is 0 Å². The Balaban J connectivity index is 2.89. The highest BCUT2D eigenvalue weighted by Crippen LogP contribution is 2.28. The molecule has 7 nitrogen and oxygen atoms in total. The summed E-state index contributed by atoms with van der Waals surface area (Å²) in [5, 5.41) is 12.0. The van der Waals surface area contributed by atoms with E-state index in [0.29, 0.717) is 19.4 Å². The van der Waals surface area contributed by atoms with Crippen molar-refractivity contribution in [2.45, 2.75) is 57.9 Å². The largest absolute Gasteiger partial charge is 0.409 e. The standard InChI is InChI=1S/C12H26N4O3S/c1-10(2)9-14-20(18,19)16-12(11(13)15-17)7-5-3-4-6-8-12/h10,14,16-17H,3-9H2,1-2H3,(H2,13,15). The summed E-state index contributed by atoms with van der Waals surface area (Å²) in [5.74, 6) is 0.148.